The van der Waals surface area contributed by atoms with Gasteiger partial charge in [-0.25, -0.2) is 14.0 Å². The van der Waals surface area contributed by atoms with Crippen molar-refractivity contribution >= 4 is 12.1 Å². The molecule has 3 aromatic carbocycles. The number of rotatable bonds is 3. The van der Waals surface area contributed by atoms with Crippen LogP contribution in [0.3, 0.4) is 0 Å². The van der Waals surface area contributed by atoms with Crippen LogP contribution in [0, 0.1) is 5.82 Å². The van der Waals surface area contributed by atoms with Gasteiger partial charge in [0.25, 0.3) is 0 Å². The van der Waals surface area contributed by atoms with Gasteiger partial charge < -0.3 is 9.84 Å². The Morgan fingerprint density at radius 3 is 2.26 bits per heavy atom. The average molecular weight is 417 g/mol. The number of carbonyl (C=O) groups is 2. The first-order valence-electron chi connectivity index (χ1n) is 10.2. The second kappa shape index (κ2) is 7.54. The van der Waals surface area contributed by atoms with Crippen LogP contribution in [0.1, 0.15) is 28.2 Å². The number of benzene rings is 3. The molecule has 5 nitrogen and oxygen atoms in total. The lowest BCUT2D eigenvalue weighted by molar-refractivity contribution is -0.143. The minimum Gasteiger partial charge on any atom is -0.480 e. The number of carboxylic acids is 1. The van der Waals surface area contributed by atoms with Gasteiger partial charge in [-0.15, -0.1) is 0 Å². The van der Waals surface area contributed by atoms with Gasteiger partial charge in [0.2, 0.25) is 0 Å². The Balaban J connectivity index is 1.39. The summed E-state index contributed by atoms with van der Waals surface area (Å²) in [7, 11) is 0. The second-order valence-corrected chi connectivity index (χ2v) is 7.87. The molecular weight excluding hydrogens is 397 g/mol. The third kappa shape index (κ3) is 3.24. The van der Waals surface area contributed by atoms with Gasteiger partial charge in [0.15, 0.2) is 0 Å². The van der Waals surface area contributed by atoms with E-state index in [-0.39, 0.29) is 25.5 Å². The van der Waals surface area contributed by atoms with Crippen molar-refractivity contribution in [2.45, 2.75) is 24.9 Å². The largest absolute Gasteiger partial charge is 0.480 e. The molecular formula is C25H20FNO4. The molecule has 5 rings (SSSR count). The van der Waals surface area contributed by atoms with E-state index in [9.17, 15) is 19.1 Å². The van der Waals surface area contributed by atoms with Gasteiger partial charge in [0.05, 0.1) is 6.54 Å². The van der Waals surface area contributed by atoms with Gasteiger partial charge in [-0.2, -0.15) is 0 Å². The van der Waals surface area contributed by atoms with Gasteiger partial charge >= 0.3 is 12.1 Å². The van der Waals surface area contributed by atoms with Gasteiger partial charge in [-0.3, -0.25) is 4.90 Å². The number of fused-ring (bicyclic) bond motifs is 4. The van der Waals surface area contributed by atoms with Gasteiger partial charge in [-0.1, -0.05) is 60.7 Å². The van der Waals surface area contributed by atoms with E-state index in [2.05, 4.69) is 0 Å². The summed E-state index contributed by atoms with van der Waals surface area (Å²) in [6, 6.07) is 19.4. The van der Waals surface area contributed by atoms with Crippen LogP contribution >= 0.6 is 0 Å². The van der Waals surface area contributed by atoms with E-state index in [1.165, 1.54) is 6.07 Å². The summed E-state index contributed by atoms with van der Waals surface area (Å²) < 4.78 is 19.9. The monoisotopic (exact) mass is 417 g/mol. The Bertz CT molecular complexity index is 1150. The fraction of sp³-hybridized carbons (Fsp3) is 0.200. The highest BCUT2D eigenvalue weighted by atomic mass is 19.1. The summed E-state index contributed by atoms with van der Waals surface area (Å²) in [6.45, 7) is -0.0462. The molecule has 1 amide bonds. The standard InChI is InChI=1S/C25H20FNO4/c26-22-11-5-6-15-12-23(24(28)29)27(13-20(15)22)25(30)31-14-21-18-9-3-1-7-16(18)17-8-2-4-10-19(17)21/h1-11,21,23H,12-14H2,(H,28,29)/t23-/m0/s1. The number of nitrogens with zero attached hydrogens (tertiary/aromatic N) is 1. The second-order valence-electron chi connectivity index (χ2n) is 7.87. The maximum Gasteiger partial charge on any atom is 0.410 e. The van der Waals surface area contributed by atoms with E-state index in [0.29, 0.717) is 11.1 Å². The SMILES string of the molecule is O=C(O)[C@@H]1Cc2cccc(F)c2CN1C(=O)OCC1c2ccccc2-c2ccccc21. The van der Waals surface area contributed by atoms with E-state index in [4.69, 9.17) is 4.74 Å². The van der Waals surface area contributed by atoms with Crippen LogP contribution in [0.25, 0.3) is 11.1 Å². The number of hydrogen-bond donors (Lipinski definition) is 1. The highest BCUT2D eigenvalue weighted by Crippen LogP contribution is 2.44. The van der Waals surface area contributed by atoms with Crippen LogP contribution in [0.4, 0.5) is 9.18 Å². The number of amides is 1. The van der Waals surface area contributed by atoms with Crippen molar-refractivity contribution < 1.29 is 23.8 Å². The predicted octanol–water partition coefficient (Wildman–Crippen LogP) is 4.59. The molecule has 1 heterocycles. The van der Waals surface area contributed by atoms with Crippen molar-refractivity contribution in [2.75, 3.05) is 6.61 Å². The number of aliphatic carboxylic acids is 1. The highest BCUT2D eigenvalue weighted by Gasteiger charge is 2.37. The molecule has 0 saturated heterocycles. The zero-order valence-corrected chi connectivity index (χ0v) is 16.6. The minimum atomic E-state index is -1.14. The third-order valence-corrected chi connectivity index (χ3v) is 6.19. The molecule has 1 atom stereocenters. The molecule has 1 aliphatic carbocycles. The molecule has 0 saturated carbocycles. The van der Waals surface area contributed by atoms with Crippen LogP contribution in [0.15, 0.2) is 66.7 Å². The zero-order chi connectivity index (χ0) is 21.5. The fourth-order valence-electron chi connectivity index (χ4n) is 4.66. The predicted molar refractivity (Wildman–Crippen MR) is 112 cm³/mol. The number of hydrogen-bond acceptors (Lipinski definition) is 3. The van der Waals surface area contributed by atoms with Crippen LogP contribution in [-0.2, 0) is 22.5 Å². The maximum atomic E-state index is 14.3. The third-order valence-electron chi connectivity index (χ3n) is 6.19. The Kier molecular flexibility index (Phi) is 4.70. The highest BCUT2D eigenvalue weighted by molar-refractivity contribution is 5.82. The molecule has 6 heteroatoms. The lowest BCUT2D eigenvalue weighted by Crippen LogP contribution is -2.49. The smallest absolute Gasteiger partial charge is 0.410 e. The van der Waals surface area contributed by atoms with Crippen molar-refractivity contribution in [1.29, 1.82) is 0 Å². The van der Waals surface area contributed by atoms with E-state index in [0.717, 1.165) is 27.2 Å². The van der Waals surface area contributed by atoms with Crippen molar-refractivity contribution in [3.63, 3.8) is 0 Å². The first kappa shape index (κ1) is 19.3. The van der Waals surface area contributed by atoms with E-state index in [1.54, 1.807) is 12.1 Å². The summed E-state index contributed by atoms with van der Waals surface area (Å²) in [5.74, 6) is -1.71. The van der Waals surface area contributed by atoms with E-state index >= 15 is 0 Å². The number of halogens is 1. The zero-order valence-electron chi connectivity index (χ0n) is 16.6. The summed E-state index contributed by atoms with van der Waals surface area (Å²) >= 11 is 0. The van der Waals surface area contributed by atoms with E-state index < -0.39 is 23.9 Å². The molecule has 0 radical (unpaired) electrons. The topological polar surface area (TPSA) is 66.8 Å². The van der Waals surface area contributed by atoms with Crippen LogP contribution < -0.4 is 0 Å². The Morgan fingerprint density at radius 1 is 0.968 bits per heavy atom. The maximum absolute atomic E-state index is 14.3. The van der Waals surface area contributed by atoms with Gasteiger partial charge in [0.1, 0.15) is 18.5 Å². The van der Waals surface area contributed by atoms with Crippen LogP contribution in [-0.4, -0.2) is 34.7 Å². The molecule has 0 fully saturated rings. The fourth-order valence-corrected chi connectivity index (χ4v) is 4.66. The molecule has 2 aliphatic rings. The quantitative estimate of drug-likeness (QED) is 0.677. The van der Waals surface area contributed by atoms with Crippen molar-refractivity contribution in [3.05, 3.63) is 94.8 Å². The lowest BCUT2D eigenvalue weighted by atomic mass is 9.94. The summed E-state index contributed by atoms with van der Waals surface area (Å²) in [5, 5.41) is 9.65. The summed E-state index contributed by atoms with van der Waals surface area (Å²) in [5.41, 5.74) is 5.30. The first-order valence-corrected chi connectivity index (χ1v) is 10.2. The molecule has 31 heavy (non-hydrogen) atoms. The average Bonchev–Trinajstić information content (AvgIpc) is 3.11. The Labute approximate surface area is 178 Å². The van der Waals surface area contributed by atoms with E-state index in [1.807, 2.05) is 48.5 Å². The summed E-state index contributed by atoms with van der Waals surface area (Å²) in [4.78, 5) is 25.9. The van der Waals surface area contributed by atoms with Crippen LogP contribution in [0.5, 0.6) is 0 Å². The summed E-state index contributed by atoms with van der Waals surface area (Å²) in [6.07, 6.45) is -0.699. The molecule has 0 unspecified atom stereocenters. The number of ether oxygens (including phenoxy) is 1. The first-order chi connectivity index (χ1) is 15.0. The molecule has 156 valence electrons. The van der Waals surface area contributed by atoms with Crippen LogP contribution in [0.2, 0.25) is 0 Å². The number of carboxylic acid groups (broad SMARTS) is 1. The molecule has 1 aliphatic heterocycles. The minimum absolute atomic E-state index is 0.0482. The Morgan fingerprint density at radius 2 is 1.61 bits per heavy atom. The lowest BCUT2D eigenvalue weighted by Gasteiger charge is -2.34. The van der Waals surface area contributed by atoms with Gasteiger partial charge in [0, 0.05) is 17.9 Å². The normalized spacial score (nSPS) is 16.9. The molecule has 1 N–H and O–H groups in total. The molecule has 0 bridgehead atoms. The Hall–Kier alpha value is -3.67. The number of carbonyl (C=O) groups excluding carboxylic acids is 1. The van der Waals surface area contributed by atoms with Crippen molar-refractivity contribution in [2.24, 2.45) is 0 Å². The molecule has 3 aromatic rings. The van der Waals surface area contributed by atoms with Crippen molar-refractivity contribution in [1.82, 2.24) is 4.90 Å². The molecule has 0 aromatic heterocycles. The molecule has 0 spiro atoms. The van der Waals surface area contributed by atoms with Crippen molar-refractivity contribution in [3.8, 4) is 11.1 Å². The van der Waals surface area contributed by atoms with Gasteiger partial charge in [-0.05, 0) is 33.9 Å².